The Balaban J connectivity index is 2.19. The molecule has 0 bridgehead atoms. The van der Waals surface area contributed by atoms with Crippen LogP contribution in [0.1, 0.15) is 0 Å². The SMILES string of the molecule is Ic1cncc(Nc2cccnc2)c1. The first kappa shape index (κ1) is 9.39. The number of hydrogen-bond donors (Lipinski definition) is 1. The lowest BCUT2D eigenvalue weighted by atomic mass is 10.3. The molecular formula is C10H8IN3. The molecule has 2 aromatic heterocycles. The quantitative estimate of drug-likeness (QED) is 0.866. The van der Waals surface area contributed by atoms with Crippen molar-refractivity contribution in [3.63, 3.8) is 0 Å². The largest absolute Gasteiger partial charge is 0.353 e. The van der Waals surface area contributed by atoms with Gasteiger partial charge in [-0.2, -0.15) is 0 Å². The Hall–Kier alpha value is -1.17. The second-order valence-electron chi connectivity index (χ2n) is 2.76. The second kappa shape index (κ2) is 4.36. The summed E-state index contributed by atoms with van der Waals surface area (Å²) in [5.74, 6) is 0. The highest BCUT2D eigenvalue weighted by Gasteiger charge is 1.94. The molecule has 4 heteroatoms. The number of nitrogens with one attached hydrogen (secondary N) is 1. The van der Waals surface area contributed by atoms with Crippen LogP contribution in [-0.4, -0.2) is 9.97 Å². The highest BCUT2D eigenvalue weighted by atomic mass is 127. The summed E-state index contributed by atoms with van der Waals surface area (Å²) in [6.07, 6.45) is 7.13. The fourth-order valence-electron chi connectivity index (χ4n) is 1.08. The Kier molecular flexibility index (Phi) is 2.93. The maximum absolute atomic E-state index is 4.09. The van der Waals surface area contributed by atoms with Gasteiger partial charge in [0.15, 0.2) is 0 Å². The number of pyridine rings is 2. The van der Waals surface area contributed by atoms with E-state index in [-0.39, 0.29) is 0 Å². The van der Waals surface area contributed by atoms with Crippen LogP contribution in [0.15, 0.2) is 43.0 Å². The Morgan fingerprint density at radius 3 is 2.64 bits per heavy atom. The van der Waals surface area contributed by atoms with E-state index >= 15 is 0 Å². The molecule has 2 rings (SSSR count). The summed E-state index contributed by atoms with van der Waals surface area (Å²) in [7, 11) is 0. The molecule has 1 N–H and O–H groups in total. The highest BCUT2D eigenvalue weighted by molar-refractivity contribution is 14.1. The molecule has 0 saturated carbocycles. The van der Waals surface area contributed by atoms with Crippen molar-refractivity contribution < 1.29 is 0 Å². The van der Waals surface area contributed by atoms with Crippen molar-refractivity contribution in [1.29, 1.82) is 0 Å². The lowest BCUT2D eigenvalue weighted by molar-refractivity contribution is 1.28. The van der Waals surface area contributed by atoms with Gasteiger partial charge in [-0.25, -0.2) is 0 Å². The van der Waals surface area contributed by atoms with Gasteiger partial charge in [-0.3, -0.25) is 9.97 Å². The molecule has 0 aromatic carbocycles. The Morgan fingerprint density at radius 1 is 1.07 bits per heavy atom. The van der Waals surface area contributed by atoms with Crippen molar-refractivity contribution in [3.05, 3.63) is 46.6 Å². The fraction of sp³-hybridized carbons (Fsp3) is 0. The second-order valence-corrected chi connectivity index (χ2v) is 4.00. The van der Waals surface area contributed by atoms with Crippen molar-refractivity contribution in [2.75, 3.05) is 5.32 Å². The summed E-state index contributed by atoms with van der Waals surface area (Å²) in [4.78, 5) is 8.11. The predicted octanol–water partition coefficient (Wildman–Crippen LogP) is 2.82. The average molecular weight is 297 g/mol. The molecule has 0 atom stereocenters. The van der Waals surface area contributed by atoms with Crippen LogP contribution in [0.2, 0.25) is 0 Å². The zero-order valence-electron chi connectivity index (χ0n) is 7.31. The molecule has 0 aliphatic carbocycles. The predicted molar refractivity (Wildman–Crippen MR) is 64.5 cm³/mol. The minimum absolute atomic E-state index is 0.969. The zero-order valence-corrected chi connectivity index (χ0v) is 9.47. The van der Waals surface area contributed by atoms with Crippen LogP contribution in [0.4, 0.5) is 11.4 Å². The molecule has 0 amide bonds. The molecule has 2 aromatic rings. The van der Waals surface area contributed by atoms with Crippen LogP contribution in [0.3, 0.4) is 0 Å². The normalized spacial score (nSPS) is 9.79. The first-order valence-electron chi connectivity index (χ1n) is 4.12. The zero-order chi connectivity index (χ0) is 9.80. The number of rotatable bonds is 2. The molecule has 70 valence electrons. The highest BCUT2D eigenvalue weighted by Crippen LogP contribution is 2.15. The summed E-state index contributed by atoms with van der Waals surface area (Å²) in [5.41, 5.74) is 1.95. The first-order chi connectivity index (χ1) is 6.84. The number of halogens is 1. The van der Waals surface area contributed by atoms with Crippen molar-refractivity contribution >= 4 is 34.0 Å². The van der Waals surface area contributed by atoms with Crippen molar-refractivity contribution in [2.24, 2.45) is 0 Å². The Morgan fingerprint density at radius 2 is 1.93 bits per heavy atom. The van der Waals surface area contributed by atoms with Gasteiger partial charge in [-0.1, -0.05) is 0 Å². The molecule has 0 fully saturated rings. The van der Waals surface area contributed by atoms with E-state index in [1.165, 1.54) is 0 Å². The van der Waals surface area contributed by atoms with Crippen LogP contribution in [0, 0.1) is 3.57 Å². The Labute approximate surface area is 95.7 Å². The lowest BCUT2D eigenvalue weighted by Crippen LogP contribution is -1.91. The standard InChI is InChI=1S/C10H8IN3/c11-8-4-10(7-13-5-8)14-9-2-1-3-12-6-9/h1-7,14H. The third-order valence-corrected chi connectivity index (χ3v) is 2.25. The molecule has 2 heterocycles. The first-order valence-corrected chi connectivity index (χ1v) is 5.20. The van der Waals surface area contributed by atoms with E-state index in [2.05, 4.69) is 37.9 Å². The van der Waals surface area contributed by atoms with Gasteiger partial charge in [0.05, 0.1) is 23.8 Å². The van der Waals surface area contributed by atoms with Crippen LogP contribution in [0.25, 0.3) is 0 Å². The van der Waals surface area contributed by atoms with Crippen LogP contribution < -0.4 is 5.32 Å². The van der Waals surface area contributed by atoms with Gasteiger partial charge in [0.1, 0.15) is 0 Å². The minimum Gasteiger partial charge on any atom is -0.353 e. The molecule has 14 heavy (non-hydrogen) atoms. The Bertz CT molecular complexity index is 417. The summed E-state index contributed by atoms with van der Waals surface area (Å²) >= 11 is 2.23. The van der Waals surface area contributed by atoms with E-state index in [9.17, 15) is 0 Å². The topological polar surface area (TPSA) is 37.8 Å². The van der Waals surface area contributed by atoms with E-state index in [0.29, 0.717) is 0 Å². The summed E-state index contributed by atoms with van der Waals surface area (Å²) in [5, 5.41) is 3.21. The monoisotopic (exact) mass is 297 g/mol. The van der Waals surface area contributed by atoms with Crippen molar-refractivity contribution in [3.8, 4) is 0 Å². The molecule has 0 radical (unpaired) electrons. The van der Waals surface area contributed by atoms with E-state index in [1.807, 2.05) is 24.4 Å². The molecule has 0 spiro atoms. The van der Waals surface area contributed by atoms with E-state index in [4.69, 9.17) is 0 Å². The molecule has 0 saturated heterocycles. The van der Waals surface area contributed by atoms with Crippen LogP contribution in [-0.2, 0) is 0 Å². The minimum atomic E-state index is 0.969. The van der Waals surface area contributed by atoms with Crippen LogP contribution in [0.5, 0.6) is 0 Å². The van der Waals surface area contributed by atoms with Gasteiger partial charge in [0, 0.05) is 16.0 Å². The van der Waals surface area contributed by atoms with E-state index < -0.39 is 0 Å². The van der Waals surface area contributed by atoms with Gasteiger partial charge < -0.3 is 5.32 Å². The number of hydrogen-bond acceptors (Lipinski definition) is 3. The maximum Gasteiger partial charge on any atom is 0.0581 e. The average Bonchev–Trinajstić information content (AvgIpc) is 2.19. The van der Waals surface area contributed by atoms with Crippen molar-refractivity contribution in [2.45, 2.75) is 0 Å². The third-order valence-electron chi connectivity index (χ3n) is 1.66. The number of anilines is 2. The van der Waals surface area contributed by atoms with Gasteiger partial charge in [0.2, 0.25) is 0 Å². The molecule has 3 nitrogen and oxygen atoms in total. The molecule has 0 unspecified atom stereocenters. The van der Waals surface area contributed by atoms with E-state index in [1.54, 1.807) is 18.6 Å². The molecule has 0 aliphatic rings. The van der Waals surface area contributed by atoms with Gasteiger partial charge in [-0.15, -0.1) is 0 Å². The summed E-state index contributed by atoms with van der Waals surface area (Å²) in [6.45, 7) is 0. The summed E-state index contributed by atoms with van der Waals surface area (Å²) < 4.78 is 1.11. The maximum atomic E-state index is 4.09. The molecule has 0 aliphatic heterocycles. The molecular weight excluding hydrogens is 289 g/mol. The van der Waals surface area contributed by atoms with Gasteiger partial charge in [-0.05, 0) is 40.8 Å². The van der Waals surface area contributed by atoms with Crippen molar-refractivity contribution in [1.82, 2.24) is 9.97 Å². The smallest absolute Gasteiger partial charge is 0.0581 e. The number of nitrogens with zero attached hydrogens (tertiary/aromatic N) is 2. The van der Waals surface area contributed by atoms with Crippen LogP contribution >= 0.6 is 22.6 Å². The number of aromatic nitrogens is 2. The fourth-order valence-corrected chi connectivity index (χ4v) is 1.58. The van der Waals surface area contributed by atoms with E-state index in [0.717, 1.165) is 14.9 Å². The summed E-state index contributed by atoms with van der Waals surface area (Å²) in [6, 6.07) is 5.89. The van der Waals surface area contributed by atoms with Gasteiger partial charge >= 0.3 is 0 Å². The third kappa shape index (κ3) is 2.41. The van der Waals surface area contributed by atoms with Gasteiger partial charge in [0.25, 0.3) is 0 Å². The lowest BCUT2D eigenvalue weighted by Gasteiger charge is -2.04.